The molecule has 0 spiro atoms. The van der Waals surface area contributed by atoms with Gasteiger partial charge < -0.3 is 24.6 Å². The van der Waals surface area contributed by atoms with Crippen molar-refractivity contribution in [3.8, 4) is 0 Å². The van der Waals surface area contributed by atoms with Crippen molar-refractivity contribution in [3.63, 3.8) is 0 Å². The van der Waals surface area contributed by atoms with E-state index < -0.39 is 17.6 Å². The van der Waals surface area contributed by atoms with Crippen molar-refractivity contribution in [1.29, 1.82) is 0 Å². The number of morpholine rings is 1. The molecule has 2 aliphatic heterocycles. The number of amides is 2. The predicted octanol–water partition coefficient (Wildman–Crippen LogP) is 2.89. The maximum Gasteiger partial charge on any atom is 0.416 e. The van der Waals surface area contributed by atoms with Crippen LogP contribution in [0.3, 0.4) is 0 Å². The average molecular weight is 473 g/mol. The Kier molecular flexibility index (Phi) is 8.41. The molecule has 0 unspecified atom stereocenters. The average Bonchev–Trinajstić information content (AvgIpc) is 2.78. The first kappa shape index (κ1) is 25.1. The Bertz CT molecular complexity index is 820. The fourth-order valence-electron chi connectivity index (χ4n) is 3.70. The van der Waals surface area contributed by atoms with Gasteiger partial charge in [0.15, 0.2) is 0 Å². The fraction of sp³-hybridized carbons (Fsp3) is 0.636. The van der Waals surface area contributed by atoms with Gasteiger partial charge in [-0.25, -0.2) is 4.79 Å². The Morgan fingerprint density at radius 2 is 1.76 bits per heavy atom. The maximum absolute atomic E-state index is 13.3. The molecule has 2 saturated heterocycles. The van der Waals surface area contributed by atoms with Gasteiger partial charge in [0.2, 0.25) is 5.91 Å². The molecule has 0 atom stereocenters. The minimum absolute atomic E-state index is 0.0215. The summed E-state index contributed by atoms with van der Waals surface area (Å²) in [5.41, 5.74) is -0.145. The Balaban J connectivity index is 1.60. The lowest BCUT2D eigenvalue weighted by Gasteiger charge is -2.34. The summed E-state index contributed by atoms with van der Waals surface area (Å²) >= 11 is 0. The van der Waals surface area contributed by atoms with Crippen molar-refractivity contribution < 1.29 is 32.2 Å². The molecular weight excluding hydrogens is 441 g/mol. The van der Waals surface area contributed by atoms with Gasteiger partial charge in [-0.3, -0.25) is 9.69 Å². The standard InChI is InChI=1S/C22H31F3N4O4/c1-16(2)15-33-21(31)29-7-5-27(6-8-29)14-20(30)26-18-13-17(22(23,24)25)3-4-19(18)28-9-11-32-12-10-28/h3-4,13,16H,5-12,14-15H2,1-2H3,(H,26,30). The molecule has 0 radical (unpaired) electrons. The zero-order valence-corrected chi connectivity index (χ0v) is 19.0. The summed E-state index contributed by atoms with van der Waals surface area (Å²) in [6.45, 7) is 8.09. The highest BCUT2D eigenvalue weighted by atomic mass is 19.4. The van der Waals surface area contributed by atoms with Crippen molar-refractivity contribution in [2.45, 2.75) is 20.0 Å². The topological polar surface area (TPSA) is 74.4 Å². The molecule has 8 nitrogen and oxygen atoms in total. The number of benzene rings is 1. The Morgan fingerprint density at radius 3 is 2.36 bits per heavy atom. The summed E-state index contributed by atoms with van der Waals surface area (Å²) in [6, 6.07) is 3.40. The van der Waals surface area contributed by atoms with E-state index in [1.165, 1.54) is 6.07 Å². The number of carbonyl (C=O) groups excluding carboxylic acids is 2. The summed E-state index contributed by atoms with van der Waals surface area (Å²) in [7, 11) is 0. The molecule has 3 rings (SSSR count). The second kappa shape index (κ2) is 11.1. The van der Waals surface area contributed by atoms with Crippen LogP contribution in [0.25, 0.3) is 0 Å². The number of hydrogen-bond donors (Lipinski definition) is 1. The van der Waals surface area contributed by atoms with Crippen LogP contribution in [0.2, 0.25) is 0 Å². The summed E-state index contributed by atoms with van der Waals surface area (Å²) < 4.78 is 50.3. The van der Waals surface area contributed by atoms with Gasteiger partial charge in [-0.1, -0.05) is 13.8 Å². The van der Waals surface area contributed by atoms with E-state index in [9.17, 15) is 22.8 Å². The molecule has 0 aliphatic carbocycles. The monoisotopic (exact) mass is 472 g/mol. The normalized spacial score (nSPS) is 17.9. The number of rotatable bonds is 6. The molecule has 0 bridgehead atoms. The third-order valence-electron chi connectivity index (χ3n) is 5.49. The van der Waals surface area contributed by atoms with Crippen molar-refractivity contribution >= 4 is 23.4 Å². The molecule has 1 aromatic carbocycles. The van der Waals surface area contributed by atoms with Crippen molar-refractivity contribution in [2.75, 3.05) is 75.9 Å². The van der Waals surface area contributed by atoms with Gasteiger partial charge >= 0.3 is 12.3 Å². The van der Waals surface area contributed by atoms with E-state index in [2.05, 4.69) is 5.32 Å². The van der Waals surface area contributed by atoms with E-state index in [4.69, 9.17) is 9.47 Å². The van der Waals surface area contributed by atoms with E-state index >= 15 is 0 Å². The quantitative estimate of drug-likeness (QED) is 0.687. The molecule has 2 heterocycles. The number of piperazine rings is 1. The van der Waals surface area contributed by atoms with E-state index in [1.807, 2.05) is 23.6 Å². The zero-order chi connectivity index (χ0) is 24.0. The predicted molar refractivity (Wildman–Crippen MR) is 117 cm³/mol. The van der Waals surface area contributed by atoms with Crippen LogP contribution >= 0.6 is 0 Å². The highest BCUT2D eigenvalue weighted by molar-refractivity contribution is 5.96. The van der Waals surface area contributed by atoms with Gasteiger partial charge in [-0.15, -0.1) is 0 Å². The van der Waals surface area contributed by atoms with E-state index in [1.54, 1.807) is 4.90 Å². The van der Waals surface area contributed by atoms with Gasteiger partial charge in [-0.05, 0) is 24.1 Å². The molecule has 1 aromatic rings. The number of anilines is 2. The molecule has 1 N–H and O–H groups in total. The lowest BCUT2D eigenvalue weighted by molar-refractivity contribution is -0.137. The second-order valence-electron chi connectivity index (χ2n) is 8.61. The first-order valence-electron chi connectivity index (χ1n) is 11.1. The SMILES string of the molecule is CC(C)COC(=O)N1CCN(CC(=O)Nc2cc(C(F)(F)F)ccc2N2CCOCC2)CC1. The lowest BCUT2D eigenvalue weighted by Crippen LogP contribution is -2.50. The molecule has 11 heteroatoms. The Labute approximate surface area is 191 Å². The molecule has 2 aliphatic rings. The van der Waals surface area contributed by atoms with Crippen LogP contribution in [0.1, 0.15) is 19.4 Å². The van der Waals surface area contributed by atoms with Crippen LogP contribution in [0, 0.1) is 5.92 Å². The summed E-state index contributed by atoms with van der Waals surface area (Å²) in [5.74, 6) is -0.156. The molecular formula is C22H31F3N4O4. The highest BCUT2D eigenvalue weighted by Gasteiger charge is 2.32. The first-order valence-corrected chi connectivity index (χ1v) is 11.1. The molecule has 184 valence electrons. The van der Waals surface area contributed by atoms with Crippen LogP contribution in [0.15, 0.2) is 18.2 Å². The highest BCUT2D eigenvalue weighted by Crippen LogP contribution is 2.35. The number of carbonyl (C=O) groups is 2. The van der Waals surface area contributed by atoms with Crippen molar-refractivity contribution in [2.24, 2.45) is 5.92 Å². The van der Waals surface area contributed by atoms with E-state index in [-0.39, 0.29) is 24.2 Å². The molecule has 33 heavy (non-hydrogen) atoms. The number of alkyl halides is 3. The van der Waals surface area contributed by atoms with E-state index in [0.717, 1.165) is 12.1 Å². The van der Waals surface area contributed by atoms with Crippen LogP contribution in [-0.4, -0.2) is 87.4 Å². The fourth-order valence-corrected chi connectivity index (χ4v) is 3.70. The van der Waals surface area contributed by atoms with E-state index in [0.29, 0.717) is 64.8 Å². The Hall–Kier alpha value is -2.53. The first-order chi connectivity index (χ1) is 15.6. The minimum Gasteiger partial charge on any atom is -0.449 e. The van der Waals surface area contributed by atoms with Crippen molar-refractivity contribution in [3.05, 3.63) is 23.8 Å². The zero-order valence-electron chi connectivity index (χ0n) is 19.0. The summed E-state index contributed by atoms with van der Waals surface area (Å²) in [4.78, 5) is 30.1. The number of nitrogens with zero attached hydrogens (tertiary/aromatic N) is 3. The largest absolute Gasteiger partial charge is 0.449 e. The Morgan fingerprint density at radius 1 is 1.09 bits per heavy atom. The third kappa shape index (κ3) is 7.23. The maximum atomic E-state index is 13.3. The van der Waals surface area contributed by atoms with Crippen LogP contribution in [0.5, 0.6) is 0 Å². The molecule has 2 fully saturated rings. The molecule has 2 amide bonds. The molecule has 0 aromatic heterocycles. The van der Waals surface area contributed by atoms with Gasteiger partial charge in [0, 0.05) is 39.3 Å². The van der Waals surface area contributed by atoms with Gasteiger partial charge in [0.25, 0.3) is 0 Å². The van der Waals surface area contributed by atoms with Gasteiger partial charge in [0.05, 0.1) is 43.3 Å². The number of hydrogen-bond acceptors (Lipinski definition) is 6. The number of nitrogens with one attached hydrogen (secondary N) is 1. The summed E-state index contributed by atoms with van der Waals surface area (Å²) in [5, 5.41) is 2.67. The van der Waals surface area contributed by atoms with Crippen LogP contribution < -0.4 is 10.2 Å². The van der Waals surface area contributed by atoms with Crippen LogP contribution in [-0.2, 0) is 20.4 Å². The number of ether oxygens (including phenoxy) is 2. The second-order valence-corrected chi connectivity index (χ2v) is 8.61. The molecule has 0 saturated carbocycles. The van der Waals surface area contributed by atoms with Crippen LogP contribution in [0.4, 0.5) is 29.3 Å². The van der Waals surface area contributed by atoms with Crippen molar-refractivity contribution in [1.82, 2.24) is 9.80 Å². The number of halogens is 3. The minimum atomic E-state index is -4.51. The smallest absolute Gasteiger partial charge is 0.416 e. The lowest BCUT2D eigenvalue weighted by atomic mass is 10.1. The summed E-state index contributed by atoms with van der Waals surface area (Å²) in [6.07, 6.45) is -4.88. The third-order valence-corrected chi connectivity index (χ3v) is 5.49. The van der Waals surface area contributed by atoms with Gasteiger partial charge in [-0.2, -0.15) is 13.2 Å². The van der Waals surface area contributed by atoms with Gasteiger partial charge in [0.1, 0.15) is 0 Å².